The van der Waals surface area contributed by atoms with Gasteiger partial charge in [0, 0.05) is 26.3 Å². The van der Waals surface area contributed by atoms with Gasteiger partial charge in [0.15, 0.2) is 0 Å². The van der Waals surface area contributed by atoms with Crippen molar-refractivity contribution in [3.63, 3.8) is 0 Å². The van der Waals surface area contributed by atoms with E-state index < -0.39 is 0 Å². The molecule has 3 rings (SSSR count). The molecule has 3 atom stereocenters. The van der Waals surface area contributed by atoms with Crippen molar-refractivity contribution in [2.75, 3.05) is 13.2 Å². The average Bonchev–Trinajstić information content (AvgIpc) is 2.61. The number of carbonyl (C=O) groups is 2. The van der Waals surface area contributed by atoms with Crippen LogP contribution in [0.25, 0.3) is 11.1 Å². The summed E-state index contributed by atoms with van der Waals surface area (Å²) in [5, 5.41) is 12.5. The van der Waals surface area contributed by atoms with Crippen LogP contribution in [0.1, 0.15) is 25.3 Å². The summed E-state index contributed by atoms with van der Waals surface area (Å²) in [6.07, 6.45) is 0. The van der Waals surface area contributed by atoms with Crippen LogP contribution in [0.15, 0.2) is 48.5 Å². The van der Waals surface area contributed by atoms with E-state index in [0.717, 1.165) is 16.7 Å². The van der Waals surface area contributed by atoms with Gasteiger partial charge in [0.25, 0.3) is 0 Å². The van der Waals surface area contributed by atoms with Crippen molar-refractivity contribution in [2.45, 2.75) is 31.8 Å². The van der Waals surface area contributed by atoms with Crippen molar-refractivity contribution >= 4 is 11.8 Å². The molecule has 0 aliphatic carbocycles. The summed E-state index contributed by atoms with van der Waals surface area (Å²) in [5.74, 6) is -0.654. The molecular weight excluding hydrogens is 347 g/mol. The minimum absolute atomic E-state index is 0.0766. The first-order chi connectivity index (χ1) is 12.9. The summed E-state index contributed by atoms with van der Waals surface area (Å²) < 4.78 is 13.4. The van der Waals surface area contributed by atoms with Crippen molar-refractivity contribution in [1.82, 2.24) is 10.2 Å². The second-order valence-corrected chi connectivity index (χ2v) is 6.84. The van der Waals surface area contributed by atoms with E-state index in [1.807, 2.05) is 30.3 Å². The summed E-state index contributed by atoms with van der Waals surface area (Å²) >= 11 is 0. The van der Waals surface area contributed by atoms with E-state index in [2.05, 4.69) is 5.32 Å². The van der Waals surface area contributed by atoms with Crippen molar-refractivity contribution in [2.24, 2.45) is 0 Å². The molecule has 0 unspecified atom stereocenters. The Bertz CT molecular complexity index is 838. The Morgan fingerprint density at radius 2 is 1.78 bits per heavy atom. The monoisotopic (exact) mass is 370 g/mol. The van der Waals surface area contributed by atoms with Crippen molar-refractivity contribution in [3.8, 4) is 11.1 Å². The molecule has 0 radical (unpaired) electrons. The maximum atomic E-state index is 13.4. The Morgan fingerprint density at radius 1 is 1.07 bits per heavy atom. The van der Waals surface area contributed by atoms with Gasteiger partial charge >= 0.3 is 0 Å². The maximum absolute atomic E-state index is 13.4. The van der Waals surface area contributed by atoms with Crippen LogP contribution in [-0.2, 0) is 9.59 Å². The number of hydrogen-bond acceptors (Lipinski definition) is 3. The fourth-order valence-electron chi connectivity index (χ4n) is 3.90. The highest BCUT2D eigenvalue weighted by Gasteiger charge is 2.49. The fraction of sp³-hybridized carbons (Fsp3) is 0.333. The fourth-order valence-corrected chi connectivity index (χ4v) is 3.90. The van der Waals surface area contributed by atoms with Gasteiger partial charge in [-0.25, -0.2) is 4.39 Å². The van der Waals surface area contributed by atoms with E-state index in [1.54, 1.807) is 11.0 Å². The molecule has 142 valence electrons. The summed E-state index contributed by atoms with van der Waals surface area (Å²) in [5.41, 5.74) is 2.65. The molecule has 0 bridgehead atoms. The Hall–Kier alpha value is -2.73. The van der Waals surface area contributed by atoms with E-state index in [4.69, 9.17) is 0 Å². The van der Waals surface area contributed by atoms with Crippen LogP contribution in [0, 0.1) is 5.82 Å². The lowest BCUT2D eigenvalue weighted by Crippen LogP contribution is -2.68. The molecule has 1 heterocycles. The molecule has 0 spiro atoms. The zero-order chi connectivity index (χ0) is 19.6. The number of carbonyl (C=O) groups excluding carboxylic acids is 2. The second-order valence-electron chi connectivity index (χ2n) is 6.84. The lowest BCUT2D eigenvalue weighted by atomic mass is 9.74. The highest BCUT2D eigenvalue weighted by molar-refractivity contribution is 5.77. The second kappa shape index (κ2) is 7.88. The van der Waals surface area contributed by atoms with Crippen LogP contribution in [-0.4, -0.2) is 47.1 Å². The molecule has 2 amide bonds. The standard InChI is InChI=1S/C21H23FN2O3/c1-13(26)23-11-19-21(20(12-25)24(19)14(2)27)16-8-6-15(7-9-16)17-4-3-5-18(22)10-17/h3-10,19-21,25H,11-12H2,1-2H3,(H,23,26)/t19-,20+,21-/m0/s1. The van der Waals surface area contributed by atoms with E-state index in [-0.39, 0.29) is 42.2 Å². The number of aliphatic hydroxyl groups excluding tert-OH is 1. The molecule has 2 aromatic rings. The molecule has 2 aromatic carbocycles. The van der Waals surface area contributed by atoms with Crippen molar-refractivity contribution in [3.05, 3.63) is 59.9 Å². The first-order valence-electron chi connectivity index (χ1n) is 8.92. The summed E-state index contributed by atoms with van der Waals surface area (Å²) in [4.78, 5) is 24.9. The van der Waals surface area contributed by atoms with Crippen LogP contribution in [0.4, 0.5) is 4.39 Å². The molecule has 1 fully saturated rings. The molecule has 1 saturated heterocycles. The number of benzene rings is 2. The third-order valence-corrected chi connectivity index (χ3v) is 5.11. The number of amides is 2. The molecule has 5 nitrogen and oxygen atoms in total. The average molecular weight is 370 g/mol. The quantitative estimate of drug-likeness (QED) is 0.849. The number of halogens is 1. The molecular formula is C21H23FN2O3. The molecule has 2 N–H and O–H groups in total. The van der Waals surface area contributed by atoms with Gasteiger partial charge in [-0.2, -0.15) is 0 Å². The maximum Gasteiger partial charge on any atom is 0.220 e. The van der Waals surface area contributed by atoms with Gasteiger partial charge < -0.3 is 15.3 Å². The van der Waals surface area contributed by atoms with Gasteiger partial charge in [-0.1, -0.05) is 36.4 Å². The van der Waals surface area contributed by atoms with E-state index in [9.17, 15) is 19.1 Å². The Kier molecular flexibility index (Phi) is 5.56. The van der Waals surface area contributed by atoms with Crippen LogP contribution in [0.2, 0.25) is 0 Å². The van der Waals surface area contributed by atoms with E-state index in [1.165, 1.54) is 26.0 Å². The van der Waals surface area contributed by atoms with Gasteiger partial charge in [-0.3, -0.25) is 9.59 Å². The van der Waals surface area contributed by atoms with Crippen molar-refractivity contribution < 1.29 is 19.1 Å². The highest BCUT2D eigenvalue weighted by Crippen LogP contribution is 2.41. The Labute approximate surface area is 157 Å². The SMILES string of the molecule is CC(=O)NC[C@H]1[C@H](c2ccc(-c3cccc(F)c3)cc2)[C@@H](CO)N1C(C)=O. The third kappa shape index (κ3) is 3.85. The number of hydrogen-bond donors (Lipinski definition) is 2. The topological polar surface area (TPSA) is 69.6 Å². The third-order valence-electron chi connectivity index (χ3n) is 5.11. The Morgan fingerprint density at radius 3 is 2.33 bits per heavy atom. The molecule has 0 saturated carbocycles. The smallest absolute Gasteiger partial charge is 0.220 e. The molecule has 27 heavy (non-hydrogen) atoms. The molecule has 1 aliphatic heterocycles. The van der Waals surface area contributed by atoms with Crippen LogP contribution < -0.4 is 5.32 Å². The predicted molar refractivity (Wildman–Crippen MR) is 100 cm³/mol. The highest BCUT2D eigenvalue weighted by atomic mass is 19.1. The summed E-state index contributed by atoms with van der Waals surface area (Å²) in [6, 6.07) is 13.6. The first-order valence-corrected chi connectivity index (χ1v) is 8.92. The van der Waals surface area contributed by atoms with Gasteiger partial charge in [0.2, 0.25) is 11.8 Å². The largest absolute Gasteiger partial charge is 0.394 e. The van der Waals surface area contributed by atoms with Crippen molar-refractivity contribution in [1.29, 1.82) is 0 Å². The molecule has 1 aliphatic rings. The van der Waals surface area contributed by atoms with Gasteiger partial charge in [-0.15, -0.1) is 0 Å². The minimum Gasteiger partial charge on any atom is -0.394 e. The van der Waals surface area contributed by atoms with Gasteiger partial charge in [0.05, 0.1) is 18.7 Å². The number of likely N-dealkylation sites (tertiary alicyclic amines) is 1. The summed E-state index contributed by atoms with van der Waals surface area (Å²) in [6.45, 7) is 3.09. The zero-order valence-corrected chi connectivity index (χ0v) is 15.4. The summed E-state index contributed by atoms with van der Waals surface area (Å²) in [7, 11) is 0. The molecule has 6 heteroatoms. The van der Waals surface area contributed by atoms with Crippen LogP contribution in [0.3, 0.4) is 0 Å². The normalized spacial score (nSPS) is 21.5. The number of nitrogens with zero attached hydrogens (tertiary/aromatic N) is 1. The van der Waals surface area contributed by atoms with E-state index >= 15 is 0 Å². The van der Waals surface area contributed by atoms with Crippen LogP contribution in [0.5, 0.6) is 0 Å². The minimum atomic E-state index is -0.318. The van der Waals surface area contributed by atoms with Gasteiger partial charge in [-0.05, 0) is 28.8 Å². The number of nitrogens with one attached hydrogen (secondary N) is 1. The van der Waals surface area contributed by atoms with Crippen LogP contribution >= 0.6 is 0 Å². The lowest BCUT2D eigenvalue weighted by molar-refractivity contribution is -0.148. The first kappa shape index (κ1) is 19.0. The molecule has 0 aromatic heterocycles. The predicted octanol–water partition coefficient (Wildman–Crippen LogP) is 2.30. The van der Waals surface area contributed by atoms with Gasteiger partial charge in [0.1, 0.15) is 5.82 Å². The number of rotatable bonds is 5. The number of aliphatic hydroxyl groups is 1. The lowest BCUT2D eigenvalue weighted by Gasteiger charge is -2.54. The zero-order valence-electron chi connectivity index (χ0n) is 15.4. The Balaban J connectivity index is 1.85. The van der Waals surface area contributed by atoms with E-state index in [0.29, 0.717) is 6.54 Å².